The number of hydrogen-bond donors (Lipinski definition) is 1. The molecule has 0 bridgehead atoms. The van der Waals surface area contributed by atoms with Crippen molar-refractivity contribution in [3.63, 3.8) is 0 Å². The molecule has 0 saturated carbocycles. The Bertz CT molecular complexity index is 541. The van der Waals surface area contributed by atoms with Crippen LogP contribution in [0.25, 0.3) is 0 Å². The van der Waals surface area contributed by atoms with Gasteiger partial charge in [-0.25, -0.2) is 4.98 Å². The molecule has 1 aliphatic carbocycles. The van der Waals surface area contributed by atoms with Gasteiger partial charge in [-0.15, -0.1) is 0 Å². The van der Waals surface area contributed by atoms with Crippen molar-refractivity contribution in [2.45, 2.75) is 44.6 Å². The summed E-state index contributed by atoms with van der Waals surface area (Å²) in [6.07, 6.45) is 7.17. The van der Waals surface area contributed by atoms with Crippen LogP contribution in [-0.2, 0) is 17.6 Å². The van der Waals surface area contributed by atoms with E-state index in [0.717, 1.165) is 43.8 Å². The number of pyridine rings is 1. The summed E-state index contributed by atoms with van der Waals surface area (Å²) in [6.45, 7) is 1.72. The van der Waals surface area contributed by atoms with Crippen LogP contribution in [0, 0.1) is 0 Å². The monoisotopic (exact) mass is 305 g/mol. The second-order valence-corrected chi connectivity index (χ2v) is 6.49. The van der Waals surface area contributed by atoms with E-state index in [1.54, 1.807) is 0 Å². The molecule has 4 nitrogen and oxygen atoms in total. The number of anilines is 1. The molecule has 114 valence electrons. The van der Waals surface area contributed by atoms with Gasteiger partial charge in [0.1, 0.15) is 10.8 Å². The van der Waals surface area contributed by atoms with Crippen molar-refractivity contribution in [1.82, 2.24) is 4.98 Å². The van der Waals surface area contributed by atoms with Crippen molar-refractivity contribution in [2.24, 2.45) is 5.73 Å². The van der Waals surface area contributed by atoms with Gasteiger partial charge in [0, 0.05) is 25.9 Å². The maximum Gasteiger partial charge on any atom is 0.138 e. The summed E-state index contributed by atoms with van der Waals surface area (Å²) in [6, 6.07) is 2.14. The fraction of sp³-hybridized carbons (Fsp3) is 0.625. The average Bonchev–Trinajstić information content (AvgIpc) is 2.94. The predicted molar refractivity (Wildman–Crippen MR) is 89.0 cm³/mol. The van der Waals surface area contributed by atoms with Gasteiger partial charge in [0.15, 0.2) is 0 Å². The van der Waals surface area contributed by atoms with E-state index in [0.29, 0.717) is 4.99 Å². The lowest BCUT2D eigenvalue weighted by Gasteiger charge is -2.29. The van der Waals surface area contributed by atoms with Gasteiger partial charge < -0.3 is 15.4 Å². The lowest BCUT2D eigenvalue weighted by Crippen LogP contribution is -2.35. The molecule has 1 aromatic heterocycles. The van der Waals surface area contributed by atoms with Gasteiger partial charge in [-0.1, -0.05) is 12.2 Å². The first-order chi connectivity index (χ1) is 10.1. The van der Waals surface area contributed by atoms with Gasteiger partial charge in [0.25, 0.3) is 0 Å². The van der Waals surface area contributed by atoms with Crippen LogP contribution in [0.1, 0.15) is 42.5 Å². The van der Waals surface area contributed by atoms with E-state index >= 15 is 0 Å². The number of aromatic nitrogens is 1. The molecule has 5 heteroatoms. The SMILES string of the molecule is CN(CC1CCCCO1)c1nc2c(cc1C(N)=S)CCC2. The fourth-order valence-corrected chi connectivity index (χ4v) is 3.43. The molecule has 2 N–H and O–H groups in total. The molecule has 0 spiro atoms. The number of fused-ring (bicyclic) bond motifs is 1. The first-order valence-corrected chi connectivity index (χ1v) is 8.21. The van der Waals surface area contributed by atoms with Crippen LogP contribution >= 0.6 is 12.2 Å². The van der Waals surface area contributed by atoms with E-state index in [9.17, 15) is 0 Å². The molecular weight excluding hydrogens is 282 g/mol. The lowest BCUT2D eigenvalue weighted by molar-refractivity contribution is 0.0215. The summed E-state index contributed by atoms with van der Waals surface area (Å²) in [7, 11) is 2.06. The van der Waals surface area contributed by atoms with Crippen LogP contribution in [0.15, 0.2) is 6.07 Å². The van der Waals surface area contributed by atoms with E-state index in [1.807, 2.05) is 0 Å². The zero-order chi connectivity index (χ0) is 14.8. The summed E-state index contributed by atoms with van der Waals surface area (Å²) in [5, 5.41) is 0. The molecule has 1 fully saturated rings. The second kappa shape index (κ2) is 6.28. The minimum Gasteiger partial charge on any atom is -0.389 e. The van der Waals surface area contributed by atoms with Gasteiger partial charge in [0.05, 0.1) is 11.7 Å². The quantitative estimate of drug-likeness (QED) is 0.864. The van der Waals surface area contributed by atoms with Gasteiger partial charge in [-0.05, 0) is 50.2 Å². The highest BCUT2D eigenvalue weighted by Crippen LogP contribution is 2.27. The first-order valence-electron chi connectivity index (χ1n) is 7.80. The van der Waals surface area contributed by atoms with Gasteiger partial charge in [-0.2, -0.15) is 0 Å². The maximum absolute atomic E-state index is 5.91. The summed E-state index contributed by atoms with van der Waals surface area (Å²) in [5.41, 5.74) is 9.34. The number of aryl methyl sites for hydroxylation is 2. The van der Waals surface area contributed by atoms with E-state index in [4.69, 9.17) is 27.7 Å². The lowest BCUT2D eigenvalue weighted by atomic mass is 10.1. The van der Waals surface area contributed by atoms with Crippen LogP contribution in [0.3, 0.4) is 0 Å². The summed E-state index contributed by atoms with van der Waals surface area (Å²) < 4.78 is 5.83. The Morgan fingerprint density at radius 2 is 2.29 bits per heavy atom. The standard InChI is InChI=1S/C16H23N3OS/c1-19(10-12-6-2-3-8-20-12)16-13(15(17)21)9-11-5-4-7-14(11)18-16/h9,12H,2-8,10H2,1H3,(H2,17,21). The molecular formula is C16H23N3OS. The van der Waals surface area contributed by atoms with Crippen LogP contribution < -0.4 is 10.6 Å². The molecule has 1 aliphatic heterocycles. The summed E-state index contributed by atoms with van der Waals surface area (Å²) >= 11 is 5.22. The third kappa shape index (κ3) is 3.19. The Balaban J connectivity index is 1.83. The normalized spacial score (nSPS) is 21.1. The Labute approximate surface area is 131 Å². The molecule has 1 aromatic rings. The average molecular weight is 305 g/mol. The molecule has 1 unspecified atom stereocenters. The zero-order valence-corrected chi connectivity index (χ0v) is 13.4. The molecule has 2 aliphatic rings. The highest BCUT2D eigenvalue weighted by Gasteiger charge is 2.22. The van der Waals surface area contributed by atoms with E-state index in [2.05, 4.69) is 18.0 Å². The Morgan fingerprint density at radius 1 is 1.43 bits per heavy atom. The molecule has 1 atom stereocenters. The van der Waals surface area contributed by atoms with Crippen LogP contribution in [-0.4, -0.2) is 36.3 Å². The Morgan fingerprint density at radius 3 is 3.00 bits per heavy atom. The molecule has 1 saturated heterocycles. The third-order valence-electron chi connectivity index (χ3n) is 4.41. The minimum absolute atomic E-state index is 0.290. The van der Waals surface area contributed by atoms with E-state index in [-0.39, 0.29) is 6.10 Å². The Kier molecular flexibility index (Phi) is 4.40. The molecule has 0 aromatic carbocycles. The van der Waals surface area contributed by atoms with E-state index < -0.39 is 0 Å². The number of thiocarbonyl (C=S) groups is 1. The van der Waals surface area contributed by atoms with Crippen molar-refractivity contribution >= 4 is 23.0 Å². The number of rotatable bonds is 4. The number of hydrogen-bond acceptors (Lipinski definition) is 4. The summed E-state index contributed by atoms with van der Waals surface area (Å²) in [5.74, 6) is 0.914. The molecule has 2 heterocycles. The molecule has 21 heavy (non-hydrogen) atoms. The van der Waals surface area contributed by atoms with Crippen molar-refractivity contribution in [1.29, 1.82) is 0 Å². The largest absolute Gasteiger partial charge is 0.389 e. The van der Waals surface area contributed by atoms with Crippen LogP contribution in [0.2, 0.25) is 0 Å². The van der Waals surface area contributed by atoms with Crippen LogP contribution in [0.4, 0.5) is 5.82 Å². The highest BCUT2D eigenvalue weighted by molar-refractivity contribution is 7.80. The van der Waals surface area contributed by atoms with Gasteiger partial charge >= 0.3 is 0 Å². The zero-order valence-electron chi connectivity index (χ0n) is 12.6. The van der Waals surface area contributed by atoms with Crippen molar-refractivity contribution in [2.75, 3.05) is 25.1 Å². The minimum atomic E-state index is 0.290. The van der Waals surface area contributed by atoms with Crippen molar-refractivity contribution in [3.05, 3.63) is 22.9 Å². The number of ether oxygens (including phenoxy) is 1. The number of nitrogens with zero attached hydrogens (tertiary/aromatic N) is 2. The van der Waals surface area contributed by atoms with Gasteiger partial charge in [0.2, 0.25) is 0 Å². The third-order valence-corrected chi connectivity index (χ3v) is 4.63. The first kappa shape index (κ1) is 14.7. The molecule has 0 amide bonds. The number of nitrogens with two attached hydrogens (primary N) is 1. The topological polar surface area (TPSA) is 51.4 Å². The Hall–Kier alpha value is -1.20. The van der Waals surface area contributed by atoms with E-state index in [1.165, 1.54) is 30.5 Å². The smallest absolute Gasteiger partial charge is 0.138 e. The summed E-state index contributed by atoms with van der Waals surface area (Å²) in [4.78, 5) is 7.43. The number of likely N-dealkylation sites (N-methyl/N-ethyl adjacent to an activating group) is 1. The maximum atomic E-state index is 5.91. The van der Waals surface area contributed by atoms with Crippen molar-refractivity contribution < 1.29 is 4.74 Å². The molecule has 0 radical (unpaired) electrons. The second-order valence-electron chi connectivity index (χ2n) is 6.05. The predicted octanol–water partition coefficient (Wildman–Crippen LogP) is 2.21. The highest BCUT2D eigenvalue weighted by atomic mass is 32.1. The fourth-order valence-electron chi connectivity index (χ4n) is 3.28. The van der Waals surface area contributed by atoms with Gasteiger partial charge in [-0.3, -0.25) is 0 Å². The van der Waals surface area contributed by atoms with Crippen LogP contribution in [0.5, 0.6) is 0 Å². The van der Waals surface area contributed by atoms with Crippen molar-refractivity contribution in [3.8, 4) is 0 Å². The molecule has 3 rings (SSSR count).